The zero-order chi connectivity index (χ0) is 20.8. The smallest absolute Gasteiger partial charge is 0.161 e. The van der Waals surface area contributed by atoms with Crippen LogP contribution in [0.1, 0.15) is 18.1 Å². The Hall–Kier alpha value is -3.47. The van der Waals surface area contributed by atoms with Crippen molar-refractivity contribution in [1.29, 1.82) is 0 Å². The summed E-state index contributed by atoms with van der Waals surface area (Å²) in [6, 6.07) is 25.9. The molecule has 0 aliphatic carbocycles. The van der Waals surface area contributed by atoms with E-state index < -0.39 is 0 Å². The fourth-order valence-electron chi connectivity index (χ4n) is 3.57. The molecule has 4 rings (SSSR count). The maximum absolute atomic E-state index is 6.33. The average Bonchev–Trinajstić information content (AvgIpc) is 3.33. The van der Waals surface area contributed by atoms with E-state index in [9.17, 15) is 0 Å². The van der Waals surface area contributed by atoms with E-state index >= 15 is 0 Å². The number of rotatable bonds is 8. The summed E-state index contributed by atoms with van der Waals surface area (Å²) >= 11 is 0. The molecule has 0 saturated carbocycles. The summed E-state index contributed by atoms with van der Waals surface area (Å²) in [6.07, 6.45) is 1.91. The third kappa shape index (κ3) is 4.40. The van der Waals surface area contributed by atoms with Gasteiger partial charge in [-0.3, -0.25) is 4.99 Å². The highest BCUT2D eigenvalue weighted by molar-refractivity contribution is 5.60. The van der Waals surface area contributed by atoms with Crippen molar-refractivity contribution in [3.05, 3.63) is 90.0 Å². The molecule has 3 aromatic rings. The zero-order valence-corrected chi connectivity index (χ0v) is 17.2. The van der Waals surface area contributed by atoms with Crippen molar-refractivity contribution in [1.82, 2.24) is 4.90 Å². The van der Waals surface area contributed by atoms with Gasteiger partial charge in [-0.1, -0.05) is 54.6 Å². The Labute approximate surface area is 177 Å². The second kappa shape index (κ2) is 8.91. The van der Waals surface area contributed by atoms with Crippen molar-refractivity contribution in [3.63, 3.8) is 0 Å². The van der Waals surface area contributed by atoms with Crippen molar-refractivity contribution in [3.8, 4) is 11.5 Å². The van der Waals surface area contributed by atoms with E-state index in [2.05, 4.69) is 28.9 Å². The van der Waals surface area contributed by atoms with Gasteiger partial charge in [0, 0.05) is 12.2 Å². The maximum atomic E-state index is 6.33. The highest BCUT2D eigenvalue weighted by Crippen LogP contribution is 2.33. The number of nitrogen functional groups attached to an aromatic ring is 1. The molecule has 1 atom stereocenters. The first kappa shape index (κ1) is 19.8. The first-order valence-corrected chi connectivity index (χ1v) is 10.2. The number of para-hydroxylation sites is 2. The number of nitrogens with zero attached hydrogens (tertiary/aromatic N) is 2. The highest BCUT2D eigenvalue weighted by Gasteiger charge is 2.35. The van der Waals surface area contributed by atoms with Crippen molar-refractivity contribution in [2.24, 2.45) is 4.99 Å². The fourth-order valence-corrected chi connectivity index (χ4v) is 3.57. The largest absolute Gasteiger partial charge is 0.487 e. The molecule has 0 fully saturated rings. The summed E-state index contributed by atoms with van der Waals surface area (Å²) < 4.78 is 12.4. The van der Waals surface area contributed by atoms with Crippen molar-refractivity contribution in [2.45, 2.75) is 19.1 Å². The molecule has 0 aromatic heterocycles. The summed E-state index contributed by atoms with van der Waals surface area (Å²) in [4.78, 5) is 6.63. The molecule has 1 unspecified atom stereocenters. The Morgan fingerprint density at radius 3 is 2.23 bits per heavy atom. The van der Waals surface area contributed by atoms with Gasteiger partial charge in [0.2, 0.25) is 0 Å². The molecular weight excluding hydrogens is 374 g/mol. The fraction of sp³-hybridized carbons (Fsp3) is 0.240. The van der Waals surface area contributed by atoms with Crippen LogP contribution in [0.15, 0.2) is 83.9 Å². The lowest BCUT2D eigenvalue weighted by Gasteiger charge is -2.38. The summed E-state index contributed by atoms with van der Waals surface area (Å²) in [6.45, 7) is 4.77. The van der Waals surface area contributed by atoms with E-state index in [1.54, 1.807) is 0 Å². The van der Waals surface area contributed by atoms with E-state index in [0.717, 1.165) is 41.4 Å². The lowest BCUT2D eigenvalue weighted by atomic mass is 9.91. The van der Waals surface area contributed by atoms with Gasteiger partial charge >= 0.3 is 0 Å². The lowest BCUT2D eigenvalue weighted by molar-refractivity contribution is 0.118. The number of benzene rings is 3. The third-order valence-electron chi connectivity index (χ3n) is 5.45. The molecule has 5 nitrogen and oxygen atoms in total. The number of anilines is 1. The predicted molar refractivity (Wildman–Crippen MR) is 121 cm³/mol. The van der Waals surface area contributed by atoms with E-state index in [1.165, 1.54) is 0 Å². The normalized spacial score (nSPS) is 15.0. The molecule has 0 amide bonds. The molecule has 0 radical (unpaired) electrons. The molecule has 0 bridgehead atoms. The number of aliphatic imine (C=N–C) groups is 1. The summed E-state index contributed by atoms with van der Waals surface area (Å²) in [7, 11) is 0. The van der Waals surface area contributed by atoms with Gasteiger partial charge in [0.15, 0.2) is 11.5 Å². The van der Waals surface area contributed by atoms with E-state index in [-0.39, 0.29) is 5.54 Å². The first-order valence-electron chi connectivity index (χ1n) is 10.2. The minimum absolute atomic E-state index is 0.375. The van der Waals surface area contributed by atoms with Crippen LogP contribution in [-0.4, -0.2) is 30.9 Å². The Morgan fingerprint density at radius 2 is 1.57 bits per heavy atom. The van der Waals surface area contributed by atoms with Gasteiger partial charge in [0.1, 0.15) is 13.2 Å². The van der Waals surface area contributed by atoms with Crippen molar-refractivity contribution >= 4 is 12.0 Å². The van der Waals surface area contributed by atoms with Crippen LogP contribution in [-0.2, 0) is 12.1 Å². The van der Waals surface area contributed by atoms with Gasteiger partial charge in [0.25, 0.3) is 0 Å². The maximum Gasteiger partial charge on any atom is 0.161 e. The Kier molecular flexibility index (Phi) is 5.89. The molecule has 1 heterocycles. The third-order valence-corrected chi connectivity index (χ3v) is 5.45. The van der Waals surface area contributed by atoms with Gasteiger partial charge in [-0.2, -0.15) is 0 Å². The van der Waals surface area contributed by atoms with Crippen molar-refractivity contribution < 1.29 is 9.47 Å². The molecule has 2 N–H and O–H groups in total. The van der Waals surface area contributed by atoms with Crippen LogP contribution in [0.2, 0.25) is 0 Å². The minimum atomic E-state index is -0.375. The second-order valence-electron chi connectivity index (χ2n) is 7.62. The number of ether oxygens (including phenoxy) is 2. The summed E-state index contributed by atoms with van der Waals surface area (Å²) in [5.74, 6) is 1.46. The second-order valence-corrected chi connectivity index (χ2v) is 7.62. The van der Waals surface area contributed by atoms with Crippen LogP contribution in [0.4, 0.5) is 5.69 Å². The molecule has 30 heavy (non-hydrogen) atoms. The Balaban J connectivity index is 1.52. The van der Waals surface area contributed by atoms with Gasteiger partial charge < -0.3 is 20.1 Å². The SMILES string of the molecule is CC(COc1ccccc1OCc1ccccc1)(c1ccc(N)cc1)N1C=NCC1. The quantitative estimate of drug-likeness (QED) is 0.565. The van der Waals surface area contributed by atoms with Crippen LogP contribution < -0.4 is 15.2 Å². The monoisotopic (exact) mass is 401 g/mol. The van der Waals surface area contributed by atoms with Crippen LogP contribution >= 0.6 is 0 Å². The zero-order valence-electron chi connectivity index (χ0n) is 17.2. The van der Waals surface area contributed by atoms with E-state index in [4.69, 9.17) is 15.2 Å². The van der Waals surface area contributed by atoms with Gasteiger partial charge in [-0.05, 0) is 42.3 Å². The highest BCUT2D eigenvalue weighted by atomic mass is 16.5. The summed E-state index contributed by atoms with van der Waals surface area (Å²) in [5, 5.41) is 0. The molecule has 1 aliphatic rings. The topological polar surface area (TPSA) is 60.1 Å². The standard InChI is InChI=1S/C25H27N3O2/c1-25(28-16-15-27-19-28,21-11-13-22(26)14-12-21)18-30-24-10-6-5-9-23(24)29-17-20-7-3-2-4-8-20/h2-14,19H,15-18,26H2,1H3. The summed E-state index contributed by atoms with van der Waals surface area (Å²) in [5.41, 5.74) is 8.52. The Bertz CT molecular complexity index is 989. The molecule has 154 valence electrons. The average molecular weight is 402 g/mol. The number of hydrogen-bond acceptors (Lipinski definition) is 5. The Morgan fingerprint density at radius 1 is 0.900 bits per heavy atom. The van der Waals surface area contributed by atoms with Crippen molar-refractivity contribution in [2.75, 3.05) is 25.4 Å². The first-order chi connectivity index (χ1) is 14.6. The molecule has 0 spiro atoms. The van der Waals surface area contributed by atoms with Crippen LogP contribution in [0, 0.1) is 0 Å². The predicted octanol–water partition coefficient (Wildman–Crippen LogP) is 4.49. The number of hydrogen-bond donors (Lipinski definition) is 1. The van der Waals surface area contributed by atoms with Gasteiger partial charge in [-0.25, -0.2) is 0 Å². The van der Waals surface area contributed by atoms with Gasteiger partial charge in [0.05, 0.1) is 18.4 Å². The molecule has 3 aromatic carbocycles. The van der Waals surface area contributed by atoms with E-state index in [1.807, 2.05) is 73.1 Å². The van der Waals surface area contributed by atoms with Gasteiger partial charge in [-0.15, -0.1) is 0 Å². The molecule has 5 heteroatoms. The van der Waals surface area contributed by atoms with Crippen LogP contribution in [0.5, 0.6) is 11.5 Å². The lowest BCUT2D eigenvalue weighted by Crippen LogP contribution is -2.46. The molecular formula is C25H27N3O2. The van der Waals surface area contributed by atoms with Crippen LogP contribution in [0.25, 0.3) is 0 Å². The minimum Gasteiger partial charge on any atom is -0.487 e. The molecule has 1 aliphatic heterocycles. The van der Waals surface area contributed by atoms with Crippen LogP contribution in [0.3, 0.4) is 0 Å². The van der Waals surface area contributed by atoms with E-state index in [0.29, 0.717) is 13.2 Å². The molecule has 0 saturated heterocycles. The number of nitrogens with two attached hydrogens (primary N) is 1.